The largest absolute Gasteiger partial charge is 0.391 e. The van der Waals surface area contributed by atoms with Gasteiger partial charge in [-0.05, 0) is 45.7 Å². The average molecular weight is 414 g/mol. The lowest BCUT2D eigenvalue weighted by Gasteiger charge is -2.22. The molecule has 1 atom stereocenters. The summed E-state index contributed by atoms with van der Waals surface area (Å²) in [6, 6.07) is 13.5. The van der Waals surface area contributed by atoms with Crippen LogP contribution in [-0.4, -0.2) is 50.8 Å². The minimum absolute atomic E-state index is 0.0966. The van der Waals surface area contributed by atoms with Gasteiger partial charge >= 0.3 is 0 Å². The van der Waals surface area contributed by atoms with Crippen molar-refractivity contribution in [1.82, 2.24) is 0 Å². The van der Waals surface area contributed by atoms with Crippen molar-refractivity contribution in [3.63, 3.8) is 0 Å². The molecule has 162 valence electrons. The minimum Gasteiger partial charge on any atom is -0.391 e. The summed E-state index contributed by atoms with van der Waals surface area (Å²) in [5.41, 5.74) is -0.661. The zero-order chi connectivity index (χ0) is 22.7. The molecule has 0 aliphatic carbocycles. The first-order valence-electron chi connectivity index (χ1n) is 9.84. The van der Waals surface area contributed by atoms with Crippen molar-refractivity contribution in [2.24, 2.45) is 0 Å². The van der Waals surface area contributed by atoms with Crippen LogP contribution in [0.4, 0.5) is 0 Å². The molecule has 0 aliphatic heterocycles. The number of hydrogen-bond acceptors (Lipinski definition) is 6. The topological polar surface area (TPSA) is 104 Å². The van der Waals surface area contributed by atoms with Gasteiger partial charge in [-0.15, -0.1) is 0 Å². The molecule has 0 spiro atoms. The van der Waals surface area contributed by atoms with Crippen LogP contribution >= 0.6 is 0 Å². The van der Waals surface area contributed by atoms with Crippen LogP contribution in [0, 0.1) is 0 Å². The second-order valence-electron chi connectivity index (χ2n) is 8.58. The van der Waals surface area contributed by atoms with E-state index in [1.165, 1.54) is 27.7 Å². The Morgan fingerprint density at radius 2 is 1.13 bits per heavy atom. The molecule has 0 fully saturated rings. The summed E-state index contributed by atoms with van der Waals surface area (Å²) >= 11 is 0. The molecule has 0 saturated carbocycles. The van der Waals surface area contributed by atoms with Gasteiger partial charge in [-0.2, -0.15) is 0 Å². The maximum absolute atomic E-state index is 12.2. The molecule has 3 N–H and O–H groups in total. The smallest absolute Gasteiger partial charge is 0.193 e. The first kappa shape index (κ1) is 23.9. The van der Waals surface area contributed by atoms with Gasteiger partial charge in [0, 0.05) is 11.1 Å². The number of rotatable bonds is 9. The van der Waals surface area contributed by atoms with Crippen LogP contribution in [0.2, 0.25) is 0 Å². The molecule has 0 aromatic heterocycles. The molecular formula is C24H30O6. The second kappa shape index (κ2) is 9.18. The van der Waals surface area contributed by atoms with Gasteiger partial charge in [-0.25, -0.2) is 0 Å². The van der Waals surface area contributed by atoms with E-state index >= 15 is 0 Å². The molecule has 6 nitrogen and oxygen atoms in total. The fourth-order valence-corrected chi connectivity index (χ4v) is 2.95. The minimum atomic E-state index is -1.47. The normalized spacial score (nSPS) is 13.4. The number of ether oxygens (including phenoxy) is 1. The van der Waals surface area contributed by atoms with Gasteiger partial charge in [0.2, 0.25) is 0 Å². The maximum atomic E-state index is 12.2. The molecule has 30 heavy (non-hydrogen) atoms. The maximum Gasteiger partial charge on any atom is 0.193 e. The highest BCUT2D eigenvalue weighted by Gasteiger charge is 2.27. The average Bonchev–Trinajstić information content (AvgIpc) is 2.66. The molecule has 1 unspecified atom stereocenters. The van der Waals surface area contributed by atoms with E-state index in [4.69, 9.17) is 4.74 Å². The van der Waals surface area contributed by atoms with Crippen LogP contribution in [0.25, 0.3) is 0 Å². The zero-order valence-electron chi connectivity index (χ0n) is 18.0. The third-order valence-corrected chi connectivity index (χ3v) is 4.57. The predicted octanol–water partition coefficient (Wildman–Crippen LogP) is 3.08. The van der Waals surface area contributed by atoms with Crippen molar-refractivity contribution in [2.75, 3.05) is 6.61 Å². The standard InChI is InChI=1S/C24H30O6/c1-15(25)14-30-20(16-6-10-18(11-7-16)21(26)23(2,3)28)17-8-12-19(13-9-17)22(27)24(4,5)29/h6-13,15,20,25,28-29H,14H2,1-5H3. The first-order chi connectivity index (χ1) is 13.8. The van der Waals surface area contributed by atoms with E-state index in [-0.39, 0.29) is 18.2 Å². The van der Waals surface area contributed by atoms with Crippen LogP contribution in [0.15, 0.2) is 48.5 Å². The molecule has 0 amide bonds. The van der Waals surface area contributed by atoms with Gasteiger partial charge in [0.15, 0.2) is 11.6 Å². The summed E-state index contributed by atoms with van der Waals surface area (Å²) in [5.74, 6) is -0.769. The Bertz CT molecular complexity index is 798. The molecule has 2 rings (SSSR count). The molecule has 0 heterocycles. The van der Waals surface area contributed by atoms with Crippen molar-refractivity contribution in [3.8, 4) is 0 Å². The van der Waals surface area contributed by atoms with Crippen LogP contribution < -0.4 is 0 Å². The first-order valence-corrected chi connectivity index (χ1v) is 9.84. The Kier molecular flexibility index (Phi) is 7.31. The molecule has 6 heteroatoms. The molecule has 0 bridgehead atoms. The lowest BCUT2D eigenvalue weighted by molar-refractivity contribution is 0.0136. The van der Waals surface area contributed by atoms with E-state index in [1.807, 2.05) is 0 Å². The Labute approximate surface area is 177 Å². The lowest BCUT2D eigenvalue weighted by atomic mass is 9.92. The fourth-order valence-electron chi connectivity index (χ4n) is 2.95. The Hall–Kier alpha value is -2.38. The molecule has 0 aliphatic rings. The number of aliphatic hydroxyl groups is 3. The number of Topliss-reactive ketones (excluding diaryl/α,β-unsaturated/α-hetero) is 2. The number of benzene rings is 2. The van der Waals surface area contributed by atoms with E-state index < -0.39 is 23.4 Å². The second-order valence-corrected chi connectivity index (χ2v) is 8.58. The summed E-state index contributed by atoms with van der Waals surface area (Å²) in [5, 5.41) is 29.5. The molecule has 0 radical (unpaired) electrons. The van der Waals surface area contributed by atoms with E-state index in [9.17, 15) is 24.9 Å². The summed E-state index contributed by atoms with van der Waals surface area (Å²) in [6.45, 7) is 7.47. The molecule has 2 aromatic carbocycles. The summed E-state index contributed by atoms with van der Waals surface area (Å²) in [4.78, 5) is 24.5. The number of ketones is 2. The zero-order valence-corrected chi connectivity index (χ0v) is 18.0. The van der Waals surface area contributed by atoms with E-state index in [0.717, 1.165) is 11.1 Å². The van der Waals surface area contributed by atoms with E-state index in [1.54, 1.807) is 55.5 Å². The summed E-state index contributed by atoms with van der Waals surface area (Å²) in [7, 11) is 0. The number of carbonyl (C=O) groups excluding carboxylic acids is 2. The predicted molar refractivity (Wildman–Crippen MR) is 114 cm³/mol. The van der Waals surface area contributed by atoms with Gasteiger partial charge < -0.3 is 20.1 Å². The number of hydrogen-bond donors (Lipinski definition) is 3. The van der Waals surface area contributed by atoms with Gasteiger partial charge in [-0.1, -0.05) is 48.5 Å². The van der Waals surface area contributed by atoms with Crippen LogP contribution in [0.3, 0.4) is 0 Å². The summed E-state index contributed by atoms with van der Waals surface area (Å²) < 4.78 is 5.89. The van der Waals surface area contributed by atoms with Crippen LogP contribution in [-0.2, 0) is 4.74 Å². The van der Waals surface area contributed by atoms with Crippen molar-refractivity contribution < 1.29 is 29.6 Å². The number of aliphatic hydroxyl groups excluding tert-OH is 1. The van der Waals surface area contributed by atoms with E-state index in [2.05, 4.69) is 0 Å². The molecule has 2 aromatic rings. The van der Waals surface area contributed by atoms with Crippen molar-refractivity contribution in [2.45, 2.75) is 58.0 Å². The van der Waals surface area contributed by atoms with Crippen molar-refractivity contribution in [3.05, 3.63) is 70.8 Å². The molecular weight excluding hydrogens is 384 g/mol. The van der Waals surface area contributed by atoms with Crippen LogP contribution in [0.5, 0.6) is 0 Å². The summed E-state index contributed by atoms with van der Waals surface area (Å²) in [6.07, 6.45) is -1.20. The highest BCUT2D eigenvalue weighted by molar-refractivity contribution is 6.02. The Morgan fingerprint density at radius 3 is 1.40 bits per heavy atom. The fraction of sp³-hybridized carbons (Fsp3) is 0.417. The third kappa shape index (κ3) is 6.06. The highest BCUT2D eigenvalue weighted by Crippen LogP contribution is 2.28. The van der Waals surface area contributed by atoms with E-state index in [0.29, 0.717) is 11.1 Å². The van der Waals surface area contributed by atoms with Gasteiger partial charge in [0.25, 0.3) is 0 Å². The highest BCUT2D eigenvalue weighted by atomic mass is 16.5. The monoisotopic (exact) mass is 414 g/mol. The SMILES string of the molecule is CC(O)COC(c1ccc(C(=O)C(C)(C)O)cc1)c1ccc(C(=O)C(C)(C)O)cc1. The van der Waals surface area contributed by atoms with Crippen molar-refractivity contribution in [1.29, 1.82) is 0 Å². The third-order valence-electron chi connectivity index (χ3n) is 4.57. The lowest BCUT2D eigenvalue weighted by Crippen LogP contribution is -2.31. The van der Waals surface area contributed by atoms with Gasteiger partial charge in [0.1, 0.15) is 17.3 Å². The van der Waals surface area contributed by atoms with Gasteiger partial charge in [0.05, 0.1) is 12.7 Å². The Balaban J connectivity index is 2.34. The van der Waals surface area contributed by atoms with Crippen LogP contribution in [0.1, 0.15) is 72.6 Å². The number of carbonyl (C=O) groups is 2. The molecule has 0 saturated heterocycles. The van der Waals surface area contributed by atoms with Crippen molar-refractivity contribution >= 4 is 11.6 Å². The Morgan fingerprint density at radius 1 is 0.800 bits per heavy atom. The quantitative estimate of drug-likeness (QED) is 0.545. The van der Waals surface area contributed by atoms with Gasteiger partial charge in [-0.3, -0.25) is 9.59 Å².